The quantitative estimate of drug-likeness (QED) is 0.326. The van der Waals surface area contributed by atoms with Crippen LogP contribution >= 0.6 is 0 Å². The second kappa shape index (κ2) is 11.6. The predicted molar refractivity (Wildman–Crippen MR) is 122 cm³/mol. The lowest BCUT2D eigenvalue weighted by atomic mass is 10.1. The number of carbonyl (C=O) groups is 1. The molecule has 0 atom stereocenters. The first-order valence-corrected chi connectivity index (χ1v) is 10.8. The molecular weight excluding hydrogens is 435 g/mol. The van der Waals surface area contributed by atoms with E-state index >= 15 is 0 Å². The van der Waals surface area contributed by atoms with Crippen LogP contribution in [-0.4, -0.2) is 41.0 Å². The van der Waals surface area contributed by atoms with Gasteiger partial charge < -0.3 is 20.8 Å². The van der Waals surface area contributed by atoms with Crippen LogP contribution in [0.25, 0.3) is 16.6 Å². The van der Waals surface area contributed by atoms with Crippen LogP contribution in [0.15, 0.2) is 30.6 Å². The molecule has 1 aromatic heterocycles. The third-order valence-electron chi connectivity index (χ3n) is 4.50. The average Bonchev–Trinajstić information content (AvgIpc) is 2.72. The first kappa shape index (κ1) is 26.1. The zero-order valence-corrected chi connectivity index (χ0v) is 19.1. The summed E-state index contributed by atoms with van der Waals surface area (Å²) in [6.45, 7) is 6.60. The van der Waals surface area contributed by atoms with E-state index in [0.29, 0.717) is 18.7 Å². The standard InChI is InChI=1S/C23H30F3N5O2/c1-22(2,3)33-21(32)29-12-7-5-4-6-11-28-14-16(13-27)19-15-30-18-10-8-9-17(20(18)31-19)23(24,25)26/h8-10,13-15,27-28H,4-7,11-12H2,1-3H3,(H,29,32)/b16-14+,27-13?. The Kier molecular flexibility index (Phi) is 9.19. The van der Waals surface area contributed by atoms with E-state index in [1.807, 2.05) is 20.8 Å². The van der Waals surface area contributed by atoms with E-state index in [1.54, 1.807) is 6.20 Å². The molecule has 2 rings (SSSR count). The summed E-state index contributed by atoms with van der Waals surface area (Å²) >= 11 is 0. The maximum Gasteiger partial charge on any atom is 0.418 e. The molecule has 10 heteroatoms. The van der Waals surface area contributed by atoms with E-state index in [1.165, 1.54) is 18.3 Å². The number of carbonyl (C=O) groups excluding carboxylic acids is 1. The van der Waals surface area contributed by atoms with Gasteiger partial charge in [0.2, 0.25) is 0 Å². The summed E-state index contributed by atoms with van der Waals surface area (Å²) in [5.74, 6) is 0. The number of alkyl carbamates (subject to hydrolysis) is 1. The fourth-order valence-electron chi connectivity index (χ4n) is 2.98. The number of aromatic nitrogens is 2. The molecule has 0 bridgehead atoms. The van der Waals surface area contributed by atoms with E-state index in [2.05, 4.69) is 20.6 Å². The van der Waals surface area contributed by atoms with Gasteiger partial charge in [-0.25, -0.2) is 9.78 Å². The molecule has 1 heterocycles. The van der Waals surface area contributed by atoms with Gasteiger partial charge in [0.25, 0.3) is 0 Å². The number of hydrogen-bond acceptors (Lipinski definition) is 6. The minimum absolute atomic E-state index is 0.145. The lowest BCUT2D eigenvalue weighted by Crippen LogP contribution is -2.32. The van der Waals surface area contributed by atoms with Gasteiger partial charge in [0.1, 0.15) is 11.1 Å². The number of nitrogens with zero attached hydrogens (tertiary/aromatic N) is 2. The van der Waals surface area contributed by atoms with Crippen LogP contribution in [0.5, 0.6) is 0 Å². The monoisotopic (exact) mass is 465 g/mol. The van der Waals surface area contributed by atoms with E-state index in [0.717, 1.165) is 38.0 Å². The molecule has 33 heavy (non-hydrogen) atoms. The maximum atomic E-state index is 13.3. The second-order valence-electron chi connectivity index (χ2n) is 8.47. The number of ether oxygens (including phenoxy) is 1. The highest BCUT2D eigenvalue weighted by Gasteiger charge is 2.33. The predicted octanol–water partition coefficient (Wildman–Crippen LogP) is 5.31. The molecule has 2 aromatic rings. The normalized spacial score (nSPS) is 12.5. The Labute approximate surface area is 191 Å². The summed E-state index contributed by atoms with van der Waals surface area (Å²) in [4.78, 5) is 19.7. The summed E-state index contributed by atoms with van der Waals surface area (Å²) in [6, 6.07) is 3.73. The number of rotatable bonds is 10. The Morgan fingerprint density at radius 3 is 2.45 bits per heavy atom. The zero-order chi connectivity index (χ0) is 24.5. The second-order valence-corrected chi connectivity index (χ2v) is 8.47. The Morgan fingerprint density at radius 2 is 1.82 bits per heavy atom. The Morgan fingerprint density at radius 1 is 1.12 bits per heavy atom. The van der Waals surface area contributed by atoms with Gasteiger partial charge in [-0.05, 0) is 45.7 Å². The molecule has 0 saturated carbocycles. The average molecular weight is 466 g/mol. The molecule has 0 unspecified atom stereocenters. The van der Waals surface area contributed by atoms with Gasteiger partial charge in [-0.1, -0.05) is 18.9 Å². The van der Waals surface area contributed by atoms with Crippen LogP contribution < -0.4 is 10.6 Å². The molecule has 0 radical (unpaired) electrons. The van der Waals surface area contributed by atoms with Crippen molar-refractivity contribution in [3.05, 3.63) is 41.9 Å². The van der Waals surface area contributed by atoms with E-state index in [9.17, 15) is 18.0 Å². The molecule has 0 spiro atoms. The van der Waals surface area contributed by atoms with Crippen molar-refractivity contribution in [2.24, 2.45) is 0 Å². The fraction of sp³-hybridized carbons (Fsp3) is 0.478. The first-order valence-electron chi connectivity index (χ1n) is 10.8. The van der Waals surface area contributed by atoms with Crippen molar-refractivity contribution < 1.29 is 22.7 Å². The van der Waals surface area contributed by atoms with Crippen LogP contribution in [0, 0.1) is 5.41 Å². The SMILES string of the molecule is CC(C)(C)OC(=O)NCCCCCCN/C=C(\C=N)c1cnc2cccc(C(F)(F)F)c2n1. The lowest BCUT2D eigenvalue weighted by molar-refractivity contribution is -0.136. The summed E-state index contributed by atoms with van der Waals surface area (Å²) < 4.78 is 45.0. The van der Waals surface area contributed by atoms with Crippen LogP contribution in [0.1, 0.15) is 57.7 Å². The van der Waals surface area contributed by atoms with Gasteiger partial charge in [0, 0.05) is 31.1 Å². The molecule has 3 N–H and O–H groups in total. The molecule has 7 nitrogen and oxygen atoms in total. The molecule has 0 aliphatic rings. The summed E-state index contributed by atoms with van der Waals surface area (Å²) in [5.41, 5.74) is -0.939. The molecular formula is C23H30F3N5O2. The van der Waals surface area contributed by atoms with Gasteiger partial charge >= 0.3 is 12.3 Å². The van der Waals surface area contributed by atoms with Crippen LogP contribution in [0.3, 0.4) is 0 Å². The number of amides is 1. The van der Waals surface area contributed by atoms with Gasteiger partial charge in [0.15, 0.2) is 0 Å². The summed E-state index contributed by atoms with van der Waals surface area (Å²) in [5, 5.41) is 13.4. The smallest absolute Gasteiger partial charge is 0.418 e. The Hall–Kier alpha value is -3.17. The third-order valence-corrected chi connectivity index (χ3v) is 4.50. The molecule has 0 aliphatic carbocycles. The van der Waals surface area contributed by atoms with Crippen molar-refractivity contribution >= 4 is 28.9 Å². The minimum Gasteiger partial charge on any atom is -0.444 e. The van der Waals surface area contributed by atoms with E-state index in [4.69, 9.17) is 10.1 Å². The maximum absolute atomic E-state index is 13.3. The summed E-state index contributed by atoms with van der Waals surface area (Å²) in [7, 11) is 0. The largest absolute Gasteiger partial charge is 0.444 e. The van der Waals surface area contributed by atoms with Gasteiger partial charge in [0.05, 0.1) is 23.0 Å². The van der Waals surface area contributed by atoms with Crippen molar-refractivity contribution in [2.75, 3.05) is 13.1 Å². The molecule has 180 valence electrons. The molecule has 0 fully saturated rings. The zero-order valence-electron chi connectivity index (χ0n) is 19.1. The number of para-hydroxylation sites is 1. The highest BCUT2D eigenvalue weighted by Crippen LogP contribution is 2.33. The van der Waals surface area contributed by atoms with Gasteiger partial charge in [-0.3, -0.25) is 4.98 Å². The van der Waals surface area contributed by atoms with E-state index in [-0.39, 0.29) is 16.7 Å². The van der Waals surface area contributed by atoms with Crippen molar-refractivity contribution in [2.45, 2.75) is 58.2 Å². The highest BCUT2D eigenvalue weighted by molar-refractivity contribution is 6.07. The number of halogens is 3. The van der Waals surface area contributed by atoms with Crippen molar-refractivity contribution in [3.8, 4) is 0 Å². The number of unbranched alkanes of at least 4 members (excludes halogenated alkanes) is 3. The lowest BCUT2D eigenvalue weighted by Gasteiger charge is -2.19. The van der Waals surface area contributed by atoms with Crippen molar-refractivity contribution in [1.29, 1.82) is 5.41 Å². The Balaban J connectivity index is 1.81. The number of nitrogens with one attached hydrogen (secondary N) is 3. The van der Waals surface area contributed by atoms with Gasteiger partial charge in [-0.2, -0.15) is 13.2 Å². The molecule has 1 amide bonds. The fourth-order valence-corrected chi connectivity index (χ4v) is 2.98. The van der Waals surface area contributed by atoms with E-state index < -0.39 is 23.4 Å². The first-order chi connectivity index (χ1) is 15.5. The minimum atomic E-state index is -4.54. The molecule has 0 aliphatic heterocycles. The number of hydrogen-bond donors (Lipinski definition) is 3. The van der Waals surface area contributed by atoms with Gasteiger partial charge in [-0.15, -0.1) is 0 Å². The van der Waals surface area contributed by atoms with Crippen LogP contribution in [-0.2, 0) is 10.9 Å². The van der Waals surface area contributed by atoms with Crippen molar-refractivity contribution in [3.63, 3.8) is 0 Å². The molecule has 0 saturated heterocycles. The topological polar surface area (TPSA) is 100.0 Å². The van der Waals surface area contributed by atoms with Crippen molar-refractivity contribution in [1.82, 2.24) is 20.6 Å². The van der Waals surface area contributed by atoms with Crippen LogP contribution in [0.2, 0.25) is 0 Å². The molecule has 1 aromatic carbocycles. The van der Waals surface area contributed by atoms with Crippen LogP contribution in [0.4, 0.5) is 18.0 Å². The summed E-state index contributed by atoms with van der Waals surface area (Å²) in [6.07, 6.45) is 2.53. The third kappa shape index (κ3) is 8.70. The number of fused-ring (bicyclic) bond motifs is 1. The number of allylic oxidation sites excluding steroid dienone is 1. The highest BCUT2D eigenvalue weighted by atomic mass is 19.4. The number of benzene rings is 1. The Bertz CT molecular complexity index is 984. The number of alkyl halides is 3.